The number of ether oxygens (including phenoxy) is 1. The highest BCUT2D eigenvalue weighted by Crippen LogP contribution is 2.37. The molecule has 1 aromatic heterocycles. The van der Waals surface area contributed by atoms with E-state index in [0.717, 1.165) is 25.3 Å². The van der Waals surface area contributed by atoms with E-state index in [-0.39, 0.29) is 17.9 Å². The standard InChI is InChI=1S/C21H32N4O3/c1-23-8-5-17(6-9-23)24-12-15-11-16(14-24)19-4-3-18(21(27)25(19)13-15)22-20(26)7-10-28-2/h3-4,15-17H,5-14H2,1-2H3,(H,22,26)/t15-,16+/m0/s1. The lowest BCUT2D eigenvalue weighted by molar-refractivity contribution is -0.117. The minimum absolute atomic E-state index is 0.0642. The van der Waals surface area contributed by atoms with Gasteiger partial charge in [-0.25, -0.2) is 0 Å². The lowest BCUT2D eigenvalue weighted by Gasteiger charge is -2.47. The summed E-state index contributed by atoms with van der Waals surface area (Å²) in [6.45, 7) is 5.60. The van der Waals surface area contributed by atoms with E-state index in [1.165, 1.54) is 32.4 Å². The normalized spacial score (nSPS) is 26.1. The third kappa shape index (κ3) is 4.02. The average Bonchev–Trinajstić information content (AvgIpc) is 2.69. The summed E-state index contributed by atoms with van der Waals surface area (Å²) in [6, 6.07) is 4.51. The molecule has 0 unspecified atom stereocenters. The highest BCUT2D eigenvalue weighted by Gasteiger charge is 2.37. The largest absolute Gasteiger partial charge is 0.384 e. The molecule has 3 aliphatic rings. The molecule has 0 saturated carbocycles. The van der Waals surface area contributed by atoms with Crippen molar-refractivity contribution in [2.24, 2.45) is 5.92 Å². The highest BCUT2D eigenvalue weighted by molar-refractivity contribution is 5.90. The van der Waals surface area contributed by atoms with Crippen LogP contribution in [0.25, 0.3) is 0 Å². The zero-order valence-electron chi connectivity index (χ0n) is 17.0. The average molecular weight is 389 g/mol. The molecule has 28 heavy (non-hydrogen) atoms. The molecule has 2 bridgehead atoms. The van der Waals surface area contributed by atoms with Gasteiger partial charge < -0.3 is 19.5 Å². The minimum Gasteiger partial charge on any atom is -0.384 e. The van der Waals surface area contributed by atoms with Crippen molar-refractivity contribution < 1.29 is 9.53 Å². The van der Waals surface area contributed by atoms with E-state index in [9.17, 15) is 9.59 Å². The molecule has 1 aromatic rings. The fraction of sp³-hybridized carbons (Fsp3) is 0.714. The number of piperidine rings is 2. The van der Waals surface area contributed by atoms with Crippen LogP contribution in [-0.2, 0) is 16.1 Å². The summed E-state index contributed by atoms with van der Waals surface area (Å²) in [5.74, 6) is 0.755. The molecule has 0 aromatic carbocycles. The molecule has 2 saturated heterocycles. The van der Waals surface area contributed by atoms with Gasteiger partial charge in [0.1, 0.15) is 5.69 Å². The zero-order valence-corrected chi connectivity index (χ0v) is 17.0. The Morgan fingerprint density at radius 3 is 2.75 bits per heavy atom. The molecule has 7 heteroatoms. The fourth-order valence-corrected chi connectivity index (χ4v) is 5.14. The molecule has 154 valence electrons. The topological polar surface area (TPSA) is 66.8 Å². The number of aromatic nitrogens is 1. The second-order valence-electron chi connectivity index (χ2n) is 8.67. The number of hydrogen-bond donors (Lipinski definition) is 1. The first-order valence-electron chi connectivity index (χ1n) is 10.5. The van der Waals surface area contributed by atoms with Gasteiger partial charge in [0.2, 0.25) is 5.91 Å². The van der Waals surface area contributed by atoms with Gasteiger partial charge >= 0.3 is 0 Å². The van der Waals surface area contributed by atoms with Gasteiger partial charge in [-0.3, -0.25) is 14.5 Å². The number of nitrogens with zero attached hydrogens (tertiary/aromatic N) is 3. The van der Waals surface area contributed by atoms with Crippen molar-refractivity contribution in [2.45, 2.75) is 44.2 Å². The van der Waals surface area contributed by atoms with Gasteiger partial charge in [0.25, 0.3) is 5.56 Å². The SMILES string of the molecule is COCCC(=O)Nc1ccc2n(c1=O)C[C@H]1C[C@@H]2CN(C2CCN(C)CC2)C1. The van der Waals surface area contributed by atoms with Crippen LogP contribution in [0.2, 0.25) is 0 Å². The van der Waals surface area contributed by atoms with Crippen molar-refractivity contribution in [3.63, 3.8) is 0 Å². The molecule has 4 rings (SSSR count). The van der Waals surface area contributed by atoms with E-state index >= 15 is 0 Å². The molecular formula is C21H32N4O3. The van der Waals surface area contributed by atoms with E-state index in [4.69, 9.17) is 4.74 Å². The summed E-state index contributed by atoms with van der Waals surface area (Å²) in [4.78, 5) is 30.0. The van der Waals surface area contributed by atoms with E-state index in [1.54, 1.807) is 13.2 Å². The number of hydrogen-bond acceptors (Lipinski definition) is 5. The predicted octanol–water partition coefficient (Wildman–Crippen LogP) is 1.34. The molecule has 0 aliphatic carbocycles. The maximum atomic E-state index is 13.0. The molecule has 7 nitrogen and oxygen atoms in total. The second-order valence-corrected chi connectivity index (χ2v) is 8.67. The Kier molecular flexibility index (Phi) is 5.85. The van der Waals surface area contributed by atoms with Gasteiger partial charge in [0.15, 0.2) is 0 Å². The first-order chi connectivity index (χ1) is 13.5. The molecule has 2 fully saturated rings. The van der Waals surface area contributed by atoms with Crippen LogP contribution >= 0.6 is 0 Å². The van der Waals surface area contributed by atoms with Gasteiger partial charge in [0.05, 0.1) is 13.0 Å². The Labute approximate surface area is 166 Å². The smallest absolute Gasteiger partial charge is 0.274 e. The van der Waals surface area contributed by atoms with Gasteiger partial charge in [-0.2, -0.15) is 0 Å². The Morgan fingerprint density at radius 2 is 2.00 bits per heavy atom. The Morgan fingerprint density at radius 1 is 1.21 bits per heavy atom. The molecule has 0 radical (unpaired) electrons. The Bertz CT molecular complexity index is 769. The molecule has 4 heterocycles. The van der Waals surface area contributed by atoms with Gasteiger partial charge in [-0.05, 0) is 57.5 Å². The number of pyridine rings is 1. The van der Waals surface area contributed by atoms with Crippen molar-refractivity contribution >= 4 is 11.6 Å². The summed E-state index contributed by atoms with van der Waals surface area (Å²) in [5.41, 5.74) is 1.46. The van der Waals surface area contributed by atoms with Crippen molar-refractivity contribution in [1.29, 1.82) is 0 Å². The molecule has 1 amide bonds. The van der Waals surface area contributed by atoms with Gasteiger partial charge in [-0.1, -0.05) is 0 Å². The summed E-state index contributed by atoms with van der Waals surface area (Å²) < 4.78 is 6.85. The van der Waals surface area contributed by atoms with E-state index < -0.39 is 0 Å². The van der Waals surface area contributed by atoms with Crippen LogP contribution in [0.5, 0.6) is 0 Å². The van der Waals surface area contributed by atoms with E-state index in [0.29, 0.717) is 30.2 Å². The summed E-state index contributed by atoms with van der Waals surface area (Å²) in [7, 11) is 3.77. The number of fused-ring (bicyclic) bond motifs is 4. The second kappa shape index (κ2) is 8.35. The monoisotopic (exact) mass is 388 g/mol. The molecular weight excluding hydrogens is 356 g/mol. The van der Waals surface area contributed by atoms with Crippen molar-refractivity contribution in [3.8, 4) is 0 Å². The number of nitrogens with one attached hydrogen (secondary N) is 1. The van der Waals surface area contributed by atoms with Crippen molar-refractivity contribution in [3.05, 3.63) is 28.2 Å². The summed E-state index contributed by atoms with van der Waals surface area (Å²) in [6.07, 6.45) is 3.92. The van der Waals surface area contributed by atoms with Crippen LogP contribution in [0, 0.1) is 5.92 Å². The number of carbonyl (C=O) groups is 1. The maximum absolute atomic E-state index is 13.0. The predicted molar refractivity (Wildman–Crippen MR) is 109 cm³/mol. The van der Waals surface area contributed by atoms with Crippen LogP contribution < -0.4 is 10.9 Å². The number of likely N-dealkylation sites (tertiary alicyclic amines) is 2. The molecule has 1 N–H and O–H groups in total. The Balaban J connectivity index is 1.49. The first kappa shape index (κ1) is 19.6. The first-order valence-corrected chi connectivity index (χ1v) is 10.5. The summed E-state index contributed by atoms with van der Waals surface area (Å²) >= 11 is 0. The third-order valence-electron chi connectivity index (χ3n) is 6.64. The summed E-state index contributed by atoms with van der Waals surface area (Å²) in [5, 5.41) is 2.76. The van der Waals surface area contributed by atoms with Gasteiger partial charge in [0, 0.05) is 44.4 Å². The molecule has 2 atom stereocenters. The number of rotatable bonds is 5. The molecule has 0 spiro atoms. The lowest BCUT2D eigenvalue weighted by atomic mass is 9.82. The van der Waals surface area contributed by atoms with Crippen LogP contribution in [0.1, 0.15) is 37.3 Å². The van der Waals surface area contributed by atoms with E-state index in [2.05, 4.69) is 22.2 Å². The van der Waals surface area contributed by atoms with Crippen LogP contribution in [-0.4, -0.2) is 73.3 Å². The zero-order chi connectivity index (χ0) is 19.7. The maximum Gasteiger partial charge on any atom is 0.274 e. The quantitative estimate of drug-likeness (QED) is 0.825. The number of carbonyl (C=O) groups excluding carboxylic acids is 1. The van der Waals surface area contributed by atoms with Crippen molar-refractivity contribution in [1.82, 2.24) is 14.4 Å². The lowest BCUT2D eigenvalue weighted by Crippen LogP contribution is -2.53. The van der Waals surface area contributed by atoms with E-state index in [1.807, 2.05) is 10.6 Å². The number of amides is 1. The minimum atomic E-state index is -0.177. The highest BCUT2D eigenvalue weighted by atomic mass is 16.5. The van der Waals surface area contributed by atoms with Gasteiger partial charge in [-0.15, -0.1) is 0 Å². The fourth-order valence-electron chi connectivity index (χ4n) is 5.14. The number of methoxy groups -OCH3 is 1. The molecule has 3 aliphatic heterocycles. The van der Waals surface area contributed by atoms with Crippen LogP contribution in [0.4, 0.5) is 5.69 Å². The Hall–Kier alpha value is -1.70. The van der Waals surface area contributed by atoms with Crippen molar-refractivity contribution in [2.75, 3.05) is 52.3 Å². The third-order valence-corrected chi connectivity index (χ3v) is 6.64. The number of anilines is 1. The van der Waals surface area contributed by atoms with Crippen LogP contribution in [0.3, 0.4) is 0 Å². The van der Waals surface area contributed by atoms with Crippen LogP contribution in [0.15, 0.2) is 16.9 Å².